The number of carboxylic acid groups (broad SMARTS) is 4. The second-order valence-electron chi connectivity index (χ2n) is 25.6. The van der Waals surface area contributed by atoms with E-state index in [1.165, 1.54) is 40.4 Å². The SMILES string of the molecule is N#CC1CC(F)(F)CN1C(=O)CNC(=O)c1ccnc2ccc(OCCCCNC(=O)CC[C@H](NC(=O)CC[C@H](NC(=O)CN3CCN(CC(=O)O)CCN(CC(=O)O)CCN(CC(=O)O)CC3)C(=O)O)C(=O)NCCCCOc3ccc4nccc(C(=O)NCC(=O)N5CC(F)(F)CC5C#N)c4c3)cc12. The van der Waals surface area contributed by atoms with Crippen LogP contribution in [0.1, 0.15) is 84.9 Å². The summed E-state index contributed by atoms with van der Waals surface area (Å²) < 4.78 is 67.8. The molecule has 2 aromatic carbocycles. The van der Waals surface area contributed by atoms with Gasteiger partial charge in [0.1, 0.15) is 35.7 Å². The van der Waals surface area contributed by atoms with Gasteiger partial charge < -0.3 is 71.6 Å². The molecule has 8 amide bonds. The van der Waals surface area contributed by atoms with Crippen molar-refractivity contribution in [3.05, 3.63) is 72.1 Å². The Hall–Kier alpha value is -11.0. The Labute approximate surface area is 604 Å². The van der Waals surface area contributed by atoms with Gasteiger partial charge in [-0.25, -0.2) is 22.4 Å². The number of nitrogens with zero attached hydrogens (tertiary/aromatic N) is 10. The number of unbranched alkanes of at least 4 members (excludes halogenated alkanes) is 2. The Bertz CT molecular complexity index is 3910. The van der Waals surface area contributed by atoms with E-state index in [9.17, 15) is 106 Å². The Balaban J connectivity index is 0.920. The number of rotatable bonds is 36. The van der Waals surface area contributed by atoms with Gasteiger partial charge in [0.05, 0.1) is 99.9 Å². The van der Waals surface area contributed by atoms with E-state index in [0.717, 1.165) is 9.80 Å². The molecule has 0 radical (unpaired) electrons. The standard InChI is InChI=1S/C68H84F4N16O18/c69-67(70)31-43(33-73)87(41-67)58(92)35-79-63(100)47-13-17-75-51-7-5-45(29-49(47)51)105-27-3-1-15-77-55(89)11-9-53(65(102)78-16-2-4-28-106-46-6-8-52-50(30-46)48(14-18-76-52)64(101)80-36-59(93)88-42-68(71,72)32-44(88)34-74)81-56(90)12-10-54(66(103)104)82-57(91)37-83-19-21-84(38-60(94)95)23-25-86(40-62(98)99)26-24-85(22-20-83)39-61(96)97/h5-8,13-14,17-18,29-30,43-44,53-54H,1-4,9-12,15-16,19-28,31-32,35-42H2,(H,77,89)(H,78,102)(H,79,100)(H,80,101)(H,81,90)(H,82,91)(H,94,95)(H,96,97)(H,98,99)(H,103,104)/t43?,44?,53-,54-/m0/s1. The van der Waals surface area contributed by atoms with Gasteiger partial charge in [0.15, 0.2) is 0 Å². The molecule has 4 aromatic rings. The van der Waals surface area contributed by atoms with E-state index < -0.39 is 179 Å². The van der Waals surface area contributed by atoms with E-state index in [1.807, 2.05) is 0 Å². The van der Waals surface area contributed by atoms with Gasteiger partial charge in [0.2, 0.25) is 35.4 Å². The van der Waals surface area contributed by atoms with Crippen LogP contribution in [0.2, 0.25) is 0 Å². The highest BCUT2D eigenvalue weighted by Crippen LogP contribution is 2.33. The second-order valence-corrected chi connectivity index (χ2v) is 25.6. The molecule has 0 spiro atoms. The van der Waals surface area contributed by atoms with E-state index in [1.54, 1.807) is 52.3 Å². The van der Waals surface area contributed by atoms with Crippen molar-refractivity contribution in [1.82, 2.24) is 71.3 Å². The average Bonchev–Trinajstić information content (AvgIpc) is 1.06. The largest absolute Gasteiger partial charge is 0.494 e. The number of benzene rings is 2. The Kier molecular flexibility index (Phi) is 30.9. The molecular weight excluding hydrogens is 1400 g/mol. The van der Waals surface area contributed by atoms with E-state index in [0.29, 0.717) is 59.0 Å². The highest BCUT2D eigenvalue weighted by Gasteiger charge is 2.48. The lowest BCUT2D eigenvalue weighted by Gasteiger charge is -2.33. The maximum absolute atomic E-state index is 14.0. The fraction of sp³-hybridized carbons (Fsp3) is 0.529. The highest BCUT2D eigenvalue weighted by molar-refractivity contribution is 6.08. The third-order valence-corrected chi connectivity index (χ3v) is 17.5. The van der Waals surface area contributed by atoms with Crippen molar-refractivity contribution in [2.24, 2.45) is 0 Å². The van der Waals surface area contributed by atoms with Crippen LogP contribution in [0.4, 0.5) is 17.6 Å². The van der Waals surface area contributed by atoms with E-state index >= 15 is 0 Å². The summed E-state index contributed by atoms with van der Waals surface area (Å²) in [6.07, 6.45) is 1.03. The zero-order valence-electron chi connectivity index (χ0n) is 57.8. The number of aromatic nitrogens is 2. The van der Waals surface area contributed by atoms with Gasteiger partial charge in [-0.05, 0) is 87.1 Å². The molecule has 0 bridgehead atoms. The number of alkyl halides is 4. The van der Waals surface area contributed by atoms with Gasteiger partial charge in [-0.2, -0.15) is 10.5 Å². The van der Waals surface area contributed by atoms with Crippen LogP contribution in [0.3, 0.4) is 0 Å². The number of carboxylic acids is 4. The van der Waals surface area contributed by atoms with Crippen molar-refractivity contribution in [2.75, 3.05) is 131 Å². The van der Waals surface area contributed by atoms with Gasteiger partial charge in [-0.15, -0.1) is 0 Å². The van der Waals surface area contributed by atoms with Crippen LogP contribution in [0, 0.1) is 22.7 Å². The minimum absolute atomic E-state index is 0.0366. The molecule has 2 unspecified atom stereocenters. The molecule has 3 aliphatic rings. The molecule has 106 heavy (non-hydrogen) atoms. The summed E-state index contributed by atoms with van der Waals surface area (Å²) in [5, 5.41) is 73.5. The minimum Gasteiger partial charge on any atom is -0.494 e. The number of carbonyl (C=O) groups excluding carboxylic acids is 8. The first-order valence-corrected chi connectivity index (χ1v) is 34.1. The summed E-state index contributed by atoms with van der Waals surface area (Å²) >= 11 is 0. The molecule has 5 heterocycles. The molecule has 3 fully saturated rings. The monoisotopic (exact) mass is 1490 g/mol. The van der Waals surface area contributed by atoms with Crippen LogP contribution in [-0.2, 0) is 47.9 Å². The second kappa shape index (κ2) is 39.8. The van der Waals surface area contributed by atoms with E-state index in [4.69, 9.17) is 9.47 Å². The zero-order chi connectivity index (χ0) is 77.1. The predicted octanol–water partition coefficient (Wildman–Crippen LogP) is 0.103. The van der Waals surface area contributed by atoms with Crippen molar-refractivity contribution in [1.29, 1.82) is 10.5 Å². The van der Waals surface area contributed by atoms with Gasteiger partial charge in [0.25, 0.3) is 23.7 Å². The number of nitriles is 2. The normalized spacial score (nSPS) is 17.8. The van der Waals surface area contributed by atoms with Crippen molar-refractivity contribution in [2.45, 2.75) is 100 Å². The number of fused-ring (bicyclic) bond motifs is 2. The number of aliphatic carboxylic acids is 4. The number of halogens is 4. The number of carbonyl (C=O) groups is 12. The molecule has 3 aliphatic heterocycles. The number of likely N-dealkylation sites (tertiary alicyclic amines) is 2. The summed E-state index contributed by atoms with van der Waals surface area (Å²) in [6.45, 7) is -3.74. The topological polar surface area (TPSA) is 469 Å². The maximum atomic E-state index is 14.0. The van der Waals surface area contributed by atoms with E-state index in [-0.39, 0.29) is 109 Å². The summed E-state index contributed by atoms with van der Waals surface area (Å²) in [6, 6.07) is 9.96. The van der Waals surface area contributed by atoms with Crippen LogP contribution in [0.5, 0.6) is 11.5 Å². The zero-order valence-corrected chi connectivity index (χ0v) is 57.8. The Morgan fingerprint density at radius 2 is 0.906 bits per heavy atom. The van der Waals surface area contributed by atoms with Crippen LogP contribution < -0.4 is 41.4 Å². The lowest BCUT2D eigenvalue weighted by Crippen LogP contribution is -2.51. The first-order chi connectivity index (χ1) is 50.5. The number of nitrogens with one attached hydrogen (secondary N) is 6. The lowest BCUT2D eigenvalue weighted by molar-refractivity contribution is -0.142. The Morgan fingerprint density at radius 1 is 0.509 bits per heavy atom. The fourth-order valence-corrected chi connectivity index (χ4v) is 12.0. The molecule has 3 saturated heterocycles. The summed E-state index contributed by atoms with van der Waals surface area (Å²) in [7, 11) is 0. The lowest BCUT2D eigenvalue weighted by atomic mass is 10.1. The summed E-state index contributed by atoms with van der Waals surface area (Å²) in [4.78, 5) is 170. The number of ether oxygens (including phenoxy) is 2. The molecule has 0 saturated carbocycles. The summed E-state index contributed by atoms with van der Waals surface area (Å²) in [5.41, 5.74) is 0.979. The molecule has 10 N–H and O–H groups in total. The number of amides is 8. The van der Waals surface area contributed by atoms with Gasteiger partial charge in [0, 0.05) is 114 Å². The van der Waals surface area contributed by atoms with Crippen molar-refractivity contribution in [3.8, 4) is 23.6 Å². The van der Waals surface area contributed by atoms with Gasteiger partial charge in [-0.3, -0.25) is 82.3 Å². The van der Waals surface area contributed by atoms with Gasteiger partial charge in [-0.1, -0.05) is 0 Å². The molecule has 0 aliphatic carbocycles. The first-order valence-electron chi connectivity index (χ1n) is 34.1. The van der Waals surface area contributed by atoms with E-state index in [2.05, 4.69) is 41.9 Å². The van der Waals surface area contributed by atoms with Crippen molar-refractivity contribution < 1.29 is 105 Å². The molecular formula is C68H84F4N16O18. The highest BCUT2D eigenvalue weighted by atomic mass is 19.3. The molecule has 34 nitrogen and oxygen atoms in total. The van der Waals surface area contributed by atoms with Crippen LogP contribution in [-0.4, -0.2) is 298 Å². The number of hydrogen-bond acceptors (Lipinski definition) is 22. The third kappa shape index (κ3) is 26.3. The molecule has 572 valence electrons. The molecule has 38 heteroatoms. The smallest absolute Gasteiger partial charge is 0.326 e. The third-order valence-electron chi connectivity index (χ3n) is 17.5. The molecule has 2 aromatic heterocycles. The quantitative estimate of drug-likeness (QED) is 0.0213. The number of hydrogen-bond donors (Lipinski definition) is 10. The van der Waals surface area contributed by atoms with Crippen LogP contribution in [0.15, 0.2) is 60.9 Å². The summed E-state index contributed by atoms with van der Waals surface area (Å²) in [5.74, 6) is -16.8. The Morgan fingerprint density at radius 3 is 1.32 bits per heavy atom. The van der Waals surface area contributed by atoms with Crippen LogP contribution in [0.25, 0.3) is 21.8 Å². The van der Waals surface area contributed by atoms with Crippen LogP contribution >= 0.6 is 0 Å². The minimum atomic E-state index is -3.25. The van der Waals surface area contributed by atoms with Crippen molar-refractivity contribution >= 4 is 92.9 Å². The van der Waals surface area contributed by atoms with Gasteiger partial charge >= 0.3 is 23.9 Å². The fourth-order valence-electron chi connectivity index (χ4n) is 12.0. The number of pyridine rings is 2. The predicted molar refractivity (Wildman–Crippen MR) is 364 cm³/mol. The first kappa shape index (κ1) is 82.3. The van der Waals surface area contributed by atoms with Crippen molar-refractivity contribution in [3.63, 3.8) is 0 Å². The maximum Gasteiger partial charge on any atom is 0.326 e. The molecule has 4 atom stereocenters. The average molecular weight is 1490 g/mol. The molecule has 7 rings (SSSR count).